The van der Waals surface area contributed by atoms with Gasteiger partial charge in [-0.25, -0.2) is 4.79 Å². The molecule has 178 valence electrons. The minimum atomic E-state index is -0.407. The summed E-state index contributed by atoms with van der Waals surface area (Å²) in [7, 11) is 4.76. The van der Waals surface area contributed by atoms with Crippen molar-refractivity contribution in [3.05, 3.63) is 47.7 Å². The van der Waals surface area contributed by atoms with E-state index in [0.717, 1.165) is 35.4 Å². The molecule has 1 aromatic heterocycles. The van der Waals surface area contributed by atoms with E-state index in [1.54, 1.807) is 35.2 Å². The van der Waals surface area contributed by atoms with Crippen LogP contribution in [-0.4, -0.2) is 52.0 Å². The van der Waals surface area contributed by atoms with Gasteiger partial charge in [-0.2, -0.15) is 0 Å². The van der Waals surface area contributed by atoms with Gasteiger partial charge >= 0.3 is 5.97 Å². The molecule has 3 aromatic rings. The number of aromatic nitrogens is 1. The van der Waals surface area contributed by atoms with Crippen LogP contribution in [0.3, 0.4) is 0 Å². The summed E-state index contributed by atoms with van der Waals surface area (Å²) in [6.07, 6.45) is 0. The Kier molecular flexibility index (Phi) is 9.94. The van der Waals surface area contributed by atoms with Crippen molar-refractivity contribution in [1.29, 1.82) is 0 Å². The highest BCUT2D eigenvalue weighted by molar-refractivity contribution is 6.08. The molecule has 7 heteroatoms. The fourth-order valence-corrected chi connectivity index (χ4v) is 3.47. The minimum absolute atomic E-state index is 0.282. The number of aryl methyl sites for hydroxylation is 1. The number of carbonyl (C=O) groups excluding carboxylic acids is 1. The zero-order valence-electron chi connectivity index (χ0n) is 20.6. The lowest BCUT2D eigenvalue weighted by Gasteiger charge is -2.17. The van der Waals surface area contributed by atoms with E-state index in [1.807, 2.05) is 36.4 Å². The lowest BCUT2D eigenvalue weighted by Crippen LogP contribution is -2.11. The Balaban J connectivity index is 0.000000696. The number of nitrogens with zero attached hydrogens (tertiary/aromatic N) is 1. The predicted molar refractivity (Wildman–Crippen MR) is 132 cm³/mol. The molecule has 2 aromatic carbocycles. The van der Waals surface area contributed by atoms with Crippen LogP contribution in [-0.2, 0) is 4.74 Å². The number of carbonyl (C=O) groups is 1. The number of nitrogens with one attached hydrogen (secondary N) is 1. The van der Waals surface area contributed by atoms with Crippen LogP contribution in [0.4, 0.5) is 0 Å². The molecule has 0 saturated heterocycles. The van der Waals surface area contributed by atoms with E-state index in [4.69, 9.17) is 18.9 Å². The number of ether oxygens (including phenoxy) is 4. The highest BCUT2D eigenvalue weighted by Crippen LogP contribution is 2.39. The molecule has 3 rings (SSSR count). The van der Waals surface area contributed by atoms with Crippen molar-refractivity contribution in [3.63, 3.8) is 0 Å². The summed E-state index contributed by atoms with van der Waals surface area (Å²) in [5.41, 5.74) is 3.32. The average molecular weight is 455 g/mol. The van der Waals surface area contributed by atoms with Crippen LogP contribution in [0.25, 0.3) is 22.0 Å². The fraction of sp³-hybridized carbons (Fsp3) is 0.385. The SMILES string of the molecule is CCNCC.CCOC(=O)c1c(C)nc2cc(OC)c(OC)cc2c1-c1ccc(OC)cc1. The molecule has 1 heterocycles. The van der Waals surface area contributed by atoms with Gasteiger partial charge in [0.05, 0.1) is 44.7 Å². The van der Waals surface area contributed by atoms with Crippen molar-refractivity contribution in [2.45, 2.75) is 27.7 Å². The summed E-state index contributed by atoms with van der Waals surface area (Å²) < 4.78 is 21.4. The fourth-order valence-electron chi connectivity index (χ4n) is 3.47. The largest absolute Gasteiger partial charge is 0.497 e. The maximum atomic E-state index is 12.8. The van der Waals surface area contributed by atoms with E-state index >= 15 is 0 Å². The average Bonchev–Trinajstić information content (AvgIpc) is 2.83. The van der Waals surface area contributed by atoms with Gasteiger partial charge in [0, 0.05) is 17.0 Å². The first-order chi connectivity index (χ1) is 15.9. The van der Waals surface area contributed by atoms with Crippen LogP contribution in [0, 0.1) is 6.92 Å². The molecule has 0 atom stereocenters. The molecule has 0 aliphatic carbocycles. The molecule has 0 aliphatic heterocycles. The predicted octanol–water partition coefficient (Wildman–Crippen LogP) is 5.03. The Morgan fingerprint density at radius 2 is 1.52 bits per heavy atom. The van der Waals surface area contributed by atoms with Crippen molar-refractivity contribution < 1.29 is 23.7 Å². The normalized spacial score (nSPS) is 10.3. The van der Waals surface area contributed by atoms with Gasteiger partial charge in [0.2, 0.25) is 0 Å². The van der Waals surface area contributed by atoms with Gasteiger partial charge in [-0.05, 0) is 50.7 Å². The van der Waals surface area contributed by atoms with Crippen LogP contribution in [0.1, 0.15) is 36.8 Å². The molecule has 0 radical (unpaired) electrons. The standard InChI is InChI=1S/C22H23NO5.C4H11N/c1-6-28-22(24)20-13(2)23-17-12-19(27-5)18(26-4)11-16(17)21(20)14-7-9-15(25-3)10-8-14;1-3-5-4-2/h7-12H,6H2,1-5H3;5H,3-4H2,1-2H3. The van der Waals surface area contributed by atoms with Gasteiger partial charge in [0.15, 0.2) is 11.5 Å². The second-order valence-corrected chi connectivity index (χ2v) is 7.08. The van der Waals surface area contributed by atoms with E-state index in [0.29, 0.717) is 28.3 Å². The number of methoxy groups -OCH3 is 3. The van der Waals surface area contributed by atoms with E-state index in [1.165, 1.54) is 0 Å². The first-order valence-electron chi connectivity index (χ1n) is 11.0. The number of hydrogen-bond acceptors (Lipinski definition) is 7. The first-order valence-corrected chi connectivity index (χ1v) is 11.0. The van der Waals surface area contributed by atoms with E-state index in [2.05, 4.69) is 24.1 Å². The third-order valence-corrected chi connectivity index (χ3v) is 5.03. The minimum Gasteiger partial charge on any atom is -0.497 e. The van der Waals surface area contributed by atoms with Crippen LogP contribution in [0.2, 0.25) is 0 Å². The van der Waals surface area contributed by atoms with E-state index in [-0.39, 0.29) is 6.61 Å². The van der Waals surface area contributed by atoms with Crippen molar-refractivity contribution in [2.24, 2.45) is 0 Å². The zero-order chi connectivity index (χ0) is 24.4. The molecule has 7 nitrogen and oxygen atoms in total. The third kappa shape index (κ3) is 6.14. The Hall–Kier alpha value is -3.32. The monoisotopic (exact) mass is 454 g/mol. The van der Waals surface area contributed by atoms with Gasteiger partial charge < -0.3 is 24.3 Å². The van der Waals surface area contributed by atoms with Gasteiger partial charge in [-0.3, -0.25) is 4.98 Å². The second-order valence-electron chi connectivity index (χ2n) is 7.08. The molecule has 33 heavy (non-hydrogen) atoms. The number of rotatable bonds is 8. The summed E-state index contributed by atoms with van der Waals surface area (Å²) in [5.74, 6) is 1.46. The number of esters is 1. The summed E-state index contributed by atoms with van der Waals surface area (Å²) in [4.78, 5) is 17.4. The molecule has 0 spiro atoms. The summed E-state index contributed by atoms with van der Waals surface area (Å²) >= 11 is 0. The summed E-state index contributed by atoms with van der Waals surface area (Å²) in [6, 6.07) is 11.2. The lowest BCUT2D eigenvalue weighted by molar-refractivity contribution is 0.0526. The third-order valence-electron chi connectivity index (χ3n) is 5.03. The van der Waals surface area contributed by atoms with Gasteiger partial charge in [0.1, 0.15) is 5.75 Å². The Labute approximate surface area is 196 Å². The number of fused-ring (bicyclic) bond motifs is 1. The van der Waals surface area contributed by atoms with Crippen molar-refractivity contribution in [3.8, 4) is 28.4 Å². The molecular formula is C26H34N2O5. The van der Waals surface area contributed by atoms with Crippen molar-refractivity contribution in [1.82, 2.24) is 10.3 Å². The van der Waals surface area contributed by atoms with E-state index < -0.39 is 5.97 Å². The van der Waals surface area contributed by atoms with Crippen LogP contribution in [0.15, 0.2) is 36.4 Å². The number of pyridine rings is 1. The molecule has 0 saturated carbocycles. The van der Waals surface area contributed by atoms with Crippen molar-refractivity contribution >= 4 is 16.9 Å². The smallest absolute Gasteiger partial charge is 0.340 e. The molecule has 0 bridgehead atoms. The van der Waals surface area contributed by atoms with Gasteiger partial charge in [-0.1, -0.05) is 26.0 Å². The summed E-state index contributed by atoms with van der Waals surface area (Å²) in [5, 5.41) is 3.89. The Morgan fingerprint density at radius 3 is 2.00 bits per heavy atom. The lowest BCUT2D eigenvalue weighted by atomic mass is 9.94. The molecule has 0 aliphatic rings. The Morgan fingerprint density at radius 1 is 0.909 bits per heavy atom. The number of hydrogen-bond donors (Lipinski definition) is 1. The van der Waals surface area contributed by atoms with Crippen molar-refractivity contribution in [2.75, 3.05) is 41.0 Å². The maximum Gasteiger partial charge on any atom is 0.340 e. The van der Waals surface area contributed by atoms with Gasteiger partial charge in [-0.15, -0.1) is 0 Å². The first kappa shape index (κ1) is 25.9. The molecule has 1 N–H and O–H groups in total. The molecule has 0 fully saturated rings. The molecule has 0 amide bonds. The second kappa shape index (κ2) is 12.6. The molecule has 0 unspecified atom stereocenters. The zero-order valence-corrected chi connectivity index (χ0v) is 20.6. The quantitative estimate of drug-likeness (QED) is 0.478. The van der Waals surface area contributed by atoms with Crippen LogP contribution in [0.5, 0.6) is 17.2 Å². The van der Waals surface area contributed by atoms with Crippen LogP contribution >= 0.6 is 0 Å². The highest BCUT2D eigenvalue weighted by atomic mass is 16.5. The topological polar surface area (TPSA) is 78.9 Å². The molecular weight excluding hydrogens is 420 g/mol. The number of benzene rings is 2. The van der Waals surface area contributed by atoms with E-state index in [9.17, 15) is 4.79 Å². The maximum absolute atomic E-state index is 12.8. The Bertz CT molecular complexity index is 1060. The highest BCUT2D eigenvalue weighted by Gasteiger charge is 2.23. The summed E-state index contributed by atoms with van der Waals surface area (Å²) in [6.45, 7) is 10.3. The van der Waals surface area contributed by atoms with Gasteiger partial charge in [0.25, 0.3) is 0 Å². The van der Waals surface area contributed by atoms with Crippen LogP contribution < -0.4 is 19.5 Å².